The molecule has 0 radical (unpaired) electrons. The van der Waals surface area contributed by atoms with Crippen LogP contribution in [-0.4, -0.2) is 40.5 Å². The Morgan fingerprint density at radius 2 is 1.91 bits per heavy atom. The van der Waals surface area contributed by atoms with Crippen LogP contribution in [0.15, 0.2) is 48.5 Å². The van der Waals surface area contributed by atoms with E-state index in [2.05, 4.69) is 20.3 Å². The molecule has 0 spiro atoms. The summed E-state index contributed by atoms with van der Waals surface area (Å²) in [6.07, 6.45) is 0.0519. The number of benzene rings is 2. The number of anilines is 4. The molecule has 10 nitrogen and oxygen atoms in total. The van der Waals surface area contributed by atoms with E-state index in [-0.39, 0.29) is 43.2 Å². The first-order valence-corrected chi connectivity index (χ1v) is 10.4. The number of hydrogen-bond donors (Lipinski definition) is 2. The maximum atomic E-state index is 12.7. The van der Waals surface area contributed by atoms with Crippen molar-refractivity contribution in [2.24, 2.45) is 5.92 Å². The minimum atomic E-state index is -0.605. The number of ether oxygens (including phenoxy) is 2. The normalized spacial score (nSPS) is 15.4. The van der Waals surface area contributed by atoms with Gasteiger partial charge in [0, 0.05) is 18.7 Å². The van der Waals surface area contributed by atoms with Crippen molar-refractivity contribution in [2.45, 2.75) is 20.0 Å². The van der Waals surface area contributed by atoms with Crippen LogP contribution in [0.5, 0.6) is 5.75 Å². The molecule has 3 aromatic rings. The molecule has 1 aromatic heterocycles. The molecule has 33 heavy (non-hydrogen) atoms. The van der Waals surface area contributed by atoms with Crippen molar-refractivity contribution >= 4 is 35.1 Å². The van der Waals surface area contributed by atoms with E-state index in [1.165, 1.54) is 12.0 Å². The third-order valence-electron chi connectivity index (χ3n) is 5.27. The zero-order valence-electron chi connectivity index (χ0n) is 18.3. The molecule has 2 aromatic carbocycles. The van der Waals surface area contributed by atoms with Crippen LogP contribution in [-0.2, 0) is 20.9 Å². The fraction of sp³-hybridized carbons (Fsp3) is 0.261. The van der Waals surface area contributed by atoms with Gasteiger partial charge in [0.2, 0.25) is 17.8 Å². The minimum absolute atomic E-state index is 0.00512. The number of rotatable bonds is 7. The first kappa shape index (κ1) is 22.0. The largest absolute Gasteiger partial charge is 0.495 e. The van der Waals surface area contributed by atoms with Crippen LogP contribution in [0.2, 0.25) is 0 Å². The van der Waals surface area contributed by atoms with Gasteiger partial charge >= 0.3 is 5.97 Å². The van der Waals surface area contributed by atoms with E-state index in [0.717, 1.165) is 11.3 Å². The topological polar surface area (TPSA) is 133 Å². The number of amides is 1. The molecule has 1 saturated heterocycles. The Bertz CT molecular complexity index is 1190. The van der Waals surface area contributed by atoms with Gasteiger partial charge in [0.25, 0.3) is 0 Å². The lowest BCUT2D eigenvalue weighted by Gasteiger charge is -2.19. The Morgan fingerprint density at radius 1 is 1.15 bits per heavy atom. The number of aryl methyl sites for hydroxylation is 1. The lowest BCUT2D eigenvalue weighted by atomic mass is 10.1. The molecule has 1 unspecified atom stereocenters. The summed E-state index contributed by atoms with van der Waals surface area (Å²) in [7, 11) is 1.54. The number of aromatic nitrogens is 3. The highest BCUT2D eigenvalue weighted by Crippen LogP contribution is 2.33. The lowest BCUT2D eigenvalue weighted by molar-refractivity contribution is -0.149. The van der Waals surface area contributed by atoms with Crippen molar-refractivity contribution in [3.05, 3.63) is 59.9 Å². The fourth-order valence-electron chi connectivity index (χ4n) is 3.60. The molecule has 2 heterocycles. The summed E-state index contributed by atoms with van der Waals surface area (Å²) in [4.78, 5) is 39.1. The van der Waals surface area contributed by atoms with E-state index >= 15 is 0 Å². The average Bonchev–Trinajstić information content (AvgIpc) is 3.20. The zero-order valence-corrected chi connectivity index (χ0v) is 18.3. The van der Waals surface area contributed by atoms with E-state index in [0.29, 0.717) is 11.4 Å². The van der Waals surface area contributed by atoms with Crippen LogP contribution in [0.25, 0.3) is 0 Å². The number of methoxy groups -OCH3 is 1. The molecule has 3 N–H and O–H groups in total. The van der Waals surface area contributed by atoms with Gasteiger partial charge < -0.3 is 25.4 Å². The number of nitrogens with two attached hydrogens (primary N) is 1. The van der Waals surface area contributed by atoms with Gasteiger partial charge in [-0.2, -0.15) is 15.0 Å². The number of carbonyl (C=O) groups is 2. The Morgan fingerprint density at radius 3 is 2.70 bits per heavy atom. The fourth-order valence-corrected chi connectivity index (χ4v) is 3.60. The summed E-state index contributed by atoms with van der Waals surface area (Å²) in [5, 5.41) is 3.09. The second-order valence-corrected chi connectivity index (χ2v) is 7.56. The third-order valence-corrected chi connectivity index (χ3v) is 5.27. The molecule has 1 atom stereocenters. The number of carbonyl (C=O) groups excluding carboxylic acids is 2. The van der Waals surface area contributed by atoms with Crippen molar-refractivity contribution in [3.8, 4) is 5.75 Å². The summed E-state index contributed by atoms with van der Waals surface area (Å²) in [6, 6.07) is 14.8. The minimum Gasteiger partial charge on any atom is -0.495 e. The van der Waals surface area contributed by atoms with E-state index in [9.17, 15) is 9.59 Å². The van der Waals surface area contributed by atoms with Crippen molar-refractivity contribution in [3.63, 3.8) is 0 Å². The number of nitrogen functional groups attached to an aromatic ring is 1. The smallest absolute Gasteiger partial charge is 0.311 e. The Hall–Kier alpha value is -4.21. The van der Waals surface area contributed by atoms with E-state index < -0.39 is 11.9 Å². The first-order chi connectivity index (χ1) is 15.9. The Balaban J connectivity index is 1.40. The number of esters is 1. The van der Waals surface area contributed by atoms with Crippen LogP contribution in [0.1, 0.15) is 17.8 Å². The molecule has 0 saturated carbocycles. The van der Waals surface area contributed by atoms with Gasteiger partial charge in [-0.25, -0.2) is 0 Å². The SMILES string of the molecule is COc1ccccc1N1CC(C(=O)OCc2nc(N)nc(Nc3ccccc3C)n2)CC1=O. The zero-order chi connectivity index (χ0) is 23.4. The van der Waals surface area contributed by atoms with Crippen molar-refractivity contribution in [1.82, 2.24) is 15.0 Å². The number of para-hydroxylation sites is 3. The monoisotopic (exact) mass is 448 g/mol. The second-order valence-electron chi connectivity index (χ2n) is 7.56. The van der Waals surface area contributed by atoms with E-state index in [1.807, 2.05) is 43.3 Å². The summed E-state index contributed by atoms with van der Waals surface area (Å²) >= 11 is 0. The number of nitrogens with one attached hydrogen (secondary N) is 1. The predicted molar refractivity (Wildman–Crippen MR) is 122 cm³/mol. The molecule has 0 aliphatic carbocycles. The first-order valence-electron chi connectivity index (χ1n) is 10.4. The van der Waals surface area contributed by atoms with Crippen LogP contribution in [0.3, 0.4) is 0 Å². The highest BCUT2D eigenvalue weighted by Gasteiger charge is 2.37. The number of hydrogen-bond acceptors (Lipinski definition) is 9. The van der Waals surface area contributed by atoms with Crippen molar-refractivity contribution in [1.29, 1.82) is 0 Å². The maximum Gasteiger partial charge on any atom is 0.311 e. The van der Waals surface area contributed by atoms with Crippen LogP contribution >= 0.6 is 0 Å². The van der Waals surface area contributed by atoms with Gasteiger partial charge in [-0.15, -0.1) is 0 Å². The van der Waals surface area contributed by atoms with Gasteiger partial charge in [0.05, 0.1) is 18.7 Å². The molecule has 0 bridgehead atoms. The Kier molecular flexibility index (Phi) is 6.34. The van der Waals surface area contributed by atoms with Crippen LogP contribution in [0.4, 0.5) is 23.3 Å². The quantitative estimate of drug-likeness (QED) is 0.523. The standard InChI is InChI=1S/C23H24N6O4/c1-14-7-3-4-8-16(14)25-23-27-19(26-22(24)28-23)13-33-21(31)15-11-20(30)29(12-15)17-9-5-6-10-18(17)32-2/h3-10,15H,11-13H2,1-2H3,(H3,24,25,26,27,28). The summed E-state index contributed by atoms with van der Waals surface area (Å²) in [5.74, 6) is -0.256. The lowest BCUT2D eigenvalue weighted by Crippen LogP contribution is -2.27. The molecule has 10 heteroatoms. The Labute approximate surface area is 190 Å². The average molecular weight is 448 g/mol. The van der Waals surface area contributed by atoms with Gasteiger partial charge in [-0.1, -0.05) is 30.3 Å². The molecule has 4 rings (SSSR count). The third kappa shape index (κ3) is 5.00. The van der Waals surface area contributed by atoms with E-state index in [4.69, 9.17) is 15.2 Å². The highest BCUT2D eigenvalue weighted by atomic mass is 16.5. The van der Waals surface area contributed by atoms with E-state index in [1.54, 1.807) is 12.1 Å². The van der Waals surface area contributed by atoms with Gasteiger partial charge in [-0.05, 0) is 30.7 Å². The molecule has 1 fully saturated rings. The van der Waals surface area contributed by atoms with Gasteiger partial charge in [-0.3, -0.25) is 9.59 Å². The molecular weight excluding hydrogens is 424 g/mol. The molecule has 1 aliphatic rings. The van der Waals surface area contributed by atoms with Gasteiger partial charge in [0.1, 0.15) is 5.75 Å². The summed E-state index contributed by atoms with van der Waals surface area (Å²) in [5.41, 5.74) is 8.26. The molecule has 170 valence electrons. The predicted octanol–water partition coefficient (Wildman–Crippen LogP) is 2.61. The highest BCUT2D eigenvalue weighted by molar-refractivity contribution is 6.00. The summed E-state index contributed by atoms with van der Waals surface area (Å²) in [6.45, 7) is 1.97. The van der Waals surface area contributed by atoms with Crippen LogP contribution in [0, 0.1) is 12.8 Å². The molecular formula is C23H24N6O4. The molecule has 1 aliphatic heterocycles. The van der Waals surface area contributed by atoms with Gasteiger partial charge in [0.15, 0.2) is 12.4 Å². The number of nitrogens with zero attached hydrogens (tertiary/aromatic N) is 4. The summed E-state index contributed by atoms with van der Waals surface area (Å²) < 4.78 is 10.7. The van der Waals surface area contributed by atoms with Crippen LogP contribution < -0.4 is 20.7 Å². The van der Waals surface area contributed by atoms with Crippen molar-refractivity contribution < 1.29 is 19.1 Å². The molecule has 1 amide bonds. The maximum absolute atomic E-state index is 12.7. The second kappa shape index (κ2) is 9.51. The van der Waals surface area contributed by atoms with Crippen molar-refractivity contribution in [2.75, 3.05) is 29.6 Å².